The van der Waals surface area contributed by atoms with Crippen molar-refractivity contribution in [3.05, 3.63) is 54.1 Å². The van der Waals surface area contributed by atoms with E-state index in [2.05, 4.69) is 15.5 Å². The van der Waals surface area contributed by atoms with Crippen LogP contribution < -0.4 is 0 Å². The second kappa shape index (κ2) is 18.2. The fraction of sp³-hybridized carbons (Fsp3) is 0.368. The van der Waals surface area contributed by atoms with E-state index in [4.69, 9.17) is 40.5 Å². The molecular formula is C19H24B3Cl2O10S3. The highest BCUT2D eigenvalue weighted by Gasteiger charge is 2.23. The van der Waals surface area contributed by atoms with Crippen LogP contribution in [0.5, 0.6) is 0 Å². The first-order valence-electron chi connectivity index (χ1n) is 10.3. The Morgan fingerprint density at radius 3 is 1.76 bits per heavy atom. The molecule has 0 spiro atoms. The summed E-state index contributed by atoms with van der Waals surface area (Å²) in [6.07, 6.45) is 1.09. The van der Waals surface area contributed by atoms with Crippen molar-refractivity contribution >= 4 is 72.1 Å². The van der Waals surface area contributed by atoms with Gasteiger partial charge in [0.15, 0.2) is 0 Å². The van der Waals surface area contributed by atoms with Crippen molar-refractivity contribution in [2.75, 3.05) is 26.4 Å². The van der Waals surface area contributed by atoms with E-state index in [1.54, 1.807) is 24.3 Å². The molecule has 2 aromatic carbocycles. The van der Waals surface area contributed by atoms with Gasteiger partial charge in [0.2, 0.25) is 0 Å². The van der Waals surface area contributed by atoms with Crippen LogP contribution in [0.2, 0.25) is 0 Å². The zero-order chi connectivity index (χ0) is 28.5. The third-order valence-electron chi connectivity index (χ3n) is 3.86. The Hall–Kier alpha value is -1.10. The second-order valence-corrected chi connectivity index (χ2v) is 13.3. The number of fused-ring (bicyclic) bond motifs is 1. The van der Waals surface area contributed by atoms with Gasteiger partial charge in [-0.2, -0.15) is 8.42 Å². The van der Waals surface area contributed by atoms with Crippen molar-refractivity contribution in [2.45, 2.75) is 34.1 Å². The van der Waals surface area contributed by atoms with Gasteiger partial charge in [-0.1, -0.05) is 30.3 Å². The Balaban J connectivity index is 0.000000547. The van der Waals surface area contributed by atoms with Crippen LogP contribution in [-0.2, 0) is 43.7 Å². The summed E-state index contributed by atoms with van der Waals surface area (Å²) in [5, 5.41) is 15.8. The lowest BCUT2D eigenvalue weighted by molar-refractivity contribution is 0.110. The third-order valence-corrected chi connectivity index (χ3v) is 8.17. The molecule has 0 fully saturated rings. The fourth-order valence-corrected chi connectivity index (χ4v) is 6.36. The van der Waals surface area contributed by atoms with Crippen LogP contribution in [0.4, 0.5) is 0 Å². The Morgan fingerprint density at radius 2 is 1.32 bits per heavy atom. The molecule has 0 aromatic heterocycles. The molecule has 2 aromatic rings. The maximum absolute atomic E-state index is 11.7. The standard InChI is InChI=1S/C10H12O4S.C6H4Cl2O4S2.C3H8O2.B3/c11-15(12)10-5-2-1-4-9(10)8-13-6-3-7-14-15;7-13(9,10)5-3-1-2-4-6(5)14(8,11)12;4-2-1-3-5;1-3-2/h1-2,4-5H,3,6-8H2;1-4H;4-5H,1-3H2;. The van der Waals surface area contributed by atoms with E-state index < -0.39 is 38.0 Å². The van der Waals surface area contributed by atoms with Crippen LogP contribution in [0.3, 0.4) is 0 Å². The minimum Gasteiger partial charge on any atom is -0.396 e. The van der Waals surface area contributed by atoms with Crippen LogP contribution in [-0.4, -0.2) is 84.4 Å². The number of aliphatic hydroxyl groups excluding tert-OH is 2. The third kappa shape index (κ3) is 14.6. The quantitative estimate of drug-likeness (QED) is 0.291. The molecule has 0 atom stereocenters. The van der Waals surface area contributed by atoms with E-state index in [-0.39, 0.29) is 24.7 Å². The van der Waals surface area contributed by atoms with E-state index in [1.807, 2.05) is 0 Å². The minimum absolute atomic E-state index is 0.0938. The second-order valence-electron chi connectivity index (χ2n) is 6.61. The minimum atomic E-state index is -4.11. The summed E-state index contributed by atoms with van der Waals surface area (Å²) in [6, 6.07) is 11.6. The Kier molecular flexibility index (Phi) is 17.7. The van der Waals surface area contributed by atoms with Gasteiger partial charge >= 0.3 is 0 Å². The van der Waals surface area contributed by atoms with Crippen molar-refractivity contribution in [2.24, 2.45) is 0 Å². The predicted molar refractivity (Wildman–Crippen MR) is 142 cm³/mol. The first kappa shape index (κ1) is 35.9. The highest BCUT2D eigenvalue weighted by atomic mass is 35.7. The molecule has 1 aliphatic rings. The molecule has 0 amide bonds. The van der Waals surface area contributed by atoms with Crippen molar-refractivity contribution < 1.29 is 44.4 Å². The van der Waals surface area contributed by atoms with Crippen molar-refractivity contribution in [1.82, 2.24) is 0 Å². The molecule has 18 heteroatoms. The molecule has 5 radical (unpaired) electrons. The van der Waals surface area contributed by atoms with Gasteiger partial charge in [0.05, 0.1) is 18.1 Å². The van der Waals surface area contributed by atoms with Gasteiger partial charge in [0.25, 0.3) is 28.2 Å². The number of rotatable bonds is 4. The zero-order valence-corrected chi connectivity index (χ0v) is 23.4. The predicted octanol–water partition coefficient (Wildman–Crippen LogP) is 1.07. The molecule has 0 bridgehead atoms. The van der Waals surface area contributed by atoms with E-state index in [0.29, 0.717) is 31.6 Å². The Labute approximate surface area is 230 Å². The summed E-state index contributed by atoms with van der Waals surface area (Å²) in [7, 11) is 8.22. The van der Waals surface area contributed by atoms with Gasteiger partial charge in [-0.3, -0.25) is 4.18 Å². The highest BCUT2D eigenvalue weighted by Crippen LogP contribution is 2.26. The Bertz CT molecular complexity index is 1210. The van der Waals surface area contributed by atoms with Crippen molar-refractivity contribution in [3.8, 4) is 0 Å². The molecule has 0 aliphatic carbocycles. The number of aliphatic hydroxyl groups is 2. The first-order valence-corrected chi connectivity index (χ1v) is 16.3. The Morgan fingerprint density at radius 1 is 0.865 bits per heavy atom. The summed E-state index contributed by atoms with van der Waals surface area (Å²) in [5.74, 6) is 0. The fourth-order valence-electron chi connectivity index (χ4n) is 2.37. The maximum Gasteiger partial charge on any atom is 0.297 e. The summed E-state index contributed by atoms with van der Waals surface area (Å²) < 4.78 is 77.4. The molecule has 10 nitrogen and oxygen atoms in total. The monoisotopic (exact) mass is 611 g/mol. The smallest absolute Gasteiger partial charge is 0.297 e. The maximum atomic E-state index is 11.7. The summed E-state index contributed by atoms with van der Waals surface area (Å²) in [4.78, 5) is -0.819. The van der Waals surface area contributed by atoms with E-state index >= 15 is 0 Å². The van der Waals surface area contributed by atoms with Crippen LogP contribution in [0.15, 0.2) is 63.2 Å². The van der Waals surface area contributed by atoms with Gasteiger partial charge in [-0.15, -0.1) is 0 Å². The van der Waals surface area contributed by atoms with Gasteiger partial charge in [0, 0.05) is 63.7 Å². The van der Waals surface area contributed by atoms with E-state index in [9.17, 15) is 25.3 Å². The first-order chi connectivity index (χ1) is 17.3. The number of benzene rings is 2. The summed E-state index contributed by atoms with van der Waals surface area (Å²) in [6.45, 7) is 1.20. The lowest BCUT2D eigenvalue weighted by atomic mass is 9.40. The topological polar surface area (TPSA) is 161 Å². The number of ether oxygens (including phenoxy) is 1. The molecule has 1 heterocycles. The van der Waals surface area contributed by atoms with Gasteiger partial charge < -0.3 is 14.9 Å². The molecule has 0 unspecified atom stereocenters. The number of hydrogen-bond acceptors (Lipinski definition) is 10. The number of halogens is 2. The van der Waals surface area contributed by atoms with Gasteiger partial charge in [0.1, 0.15) is 9.79 Å². The molecule has 3 rings (SSSR count). The zero-order valence-electron chi connectivity index (χ0n) is 19.4. The molecule has 0 saturated heterocycles. The number of hydrogen-bond donors (Lipinski definition) is 2. The van der Waals surface area contributed by atoms with Gasteiger partial charge in [-0.25, -0.2) is 16.8 Å². The largest absolute Gasteiger partial charge is 0.396 e. The molecule has 1 aliphatic heterocycles. The van der Waals surface area contributed by atoms with Crippen LogP contribution in [0.25, 0.3) is 0 Å². The molecule has 201 valence electrons. The van der Waals surface area contributed by atoms with Crippen molar-refractivity contribution in [3.63, 3.8) is 0 Å². The van der Waals surface area contributed by atoms with Crippen LogP contribution in [0.1, 0.15) is 18.4 Å². The van der Waals surface area contributed by atoms with Crippen molar-refractivity contribution in [1.29, 1.82) is 0 Å². The lowest BCUT2D eigenvalue weighted by Crippen LogP contribution is -2.08. The van der Waals surface area contributed by atoms with E-state index in [1.165, 1.54) is 12.1 Å². The average Bonchev–Trinajstić information content (AvgIpc) is 2.89. The van der Waals surface area contributed by atoms with Crippen LogP contribution in [0, 0.1) is 0 Å². The molecule has 2 N–H and O–H groups in total. The van der Waals surface area contributed by atoms with Crippen LogP contribution >= 0.6 is 21.4 Å². The van der Waals surface area contributed by atoms with Gasteiger partial charge in [-0.05, 0) is 36.6 Å². The summed E-state index contributed by atoms with van der Waals surface area (Å²) in [5.41, 5.74) is 0.652. The lowest BCUT2D eigenvalue weighted by Gasteiger charge is -2.07. The normalized spacial score (nSPS) is 14.7. The molecule has 0 saturated carbocycles. The SMILES string of the molecule is O=S(=O)(Cl)c1ccccc1S(=O)(=O)Cl.O=S1(=O)OCCCOCc2ccccc21.OCCCO.[B][B][B]. The highest BCUT2D eigenvalue weighted by molar-refractivity contribution is 8.16. The molecular weight excluding hydrogens is 588 g/mol. The average molecular weight is 612 g/mol. The summed E-state index contributed by atoms with van der Waals surface area (Å²) >= 11 is 0. The molecule has 37 heavy (non-hydrogen) atoms. The van der Waals surface area contributed by atoms with E-state index in [0.717, 1.165) is 19.2 Å².